The SMILES string of the molecule is O=c1[nH]c(Br)c(-c2ccccc2)c(=O)[nH]1. The van der Waals surface area contributed by atoms with Gasteiger partial charge in [0, 0.05) is 0 Å². The Morgan fingerprint density at radius 3 is 2.27 bits per heavy atom. The van der Waals surface area contributed by atoms with Crippen molar-refractivity contribution < 1.29 is 0 Å². The van der Waals surface area contributed by atoms with E-state index in [1.165, 1.54) is 0 Å². The van der Waals surface area contributed by atoms with Gasteiger partial charge >= 0.3 is 5.69 Å². The van der Waals surface area contributed by atoms with Crippen LogP contribution in [0.5, 0.6) is 0 Å². The van der Waals surface area contributed by atoms with Gasteiger partial charge in [-0.2, -0.15) is 0 Å². The molecule has 0 amide bonds. The molecule has 0 atom stereocenters. The third-order valence-corrected chi connectivity index (χ3v) is 2.55. The largest absolute Gasteiger partial charge is 0.326 e. The number of halogens is 1. The highest BCUT2D eigenvalue weighted by molar-refractivity contribution is 9.10. The van der Waals surface area contributed by atoms with Crippen LogP contribution in [0.1, 0.15) is 0 Å². The van der Waals surface area contributed by atoms with E-state index < -0.39 is 11.2 Å². The lowest BCUT2D eigenvalue weighted by Gasteiger charge is -2.01. The first-order chi connectivity index (χ1) is 7.18. The molecule has 4 nitrogen and oxygen atoms in total. The summed E-state index contributed by atoms with van der Waals surface area (Å²) in [4.78, 5) is 27.2. The number of aromatic amines is 2. The quantitative estimate of drug-likeness (QED) is 0.769. The first-order valence-corrected chi connectivity index (χ1v) is 5.05. The Balaban J connectivity index is 2.75. The summed E-state index contributed by atoms with van der Waals surface area (Å²) in [5.74, 6) is 0. The van der Waals surface area contributed by atoms with Crippen LogP contribution in [0.15, 0.2) is 44.5 Å². The normalized spacial score (nSPS) is 10.2. The molecule has 2 rings (SSSR count). The van der Waals surface area contributed by atoms with Gasteiger partial charge in [0.25, 0.3) is 5.56 Å². The second-order valence-corrected chi connectivity index (χ2v) is 3.76. The molecule has 0 bridgehead atoms. The van der Waals surface area contributed by atoms with Crippen LogP contribution >= 0.6 is 15.9 Å². The van der Waals surface area contributed by atoms with E-state index in [9.17, 15) is 9.59 Å². The van der Waals surface area contributed by atoms with Gasteiger partial charge in [-0.1, -0.05) is 30.3 Å². The minimum absolute atomic E-state index is 0.391. The first kappa shape index (κ1) is 9.92. The summed E-state index contributed by atoms with van der Waals surface area (Å²) >= 11 is 3.16. The van der Waals surface area contributed by atoms with Gasteiger partial charge in [-0.15, -0.1) is 0 Å². The van der Waals surface area contributed by atoms with Crippen molar-refractivity contribution in [1.82, 2.24) is 9.97 Å². The van der Waals surface area contributed by atoms with Gasteiger partial charge in [0.2, 0.25) is 0 Å². The van der Waals surface area contributed by atoms with E-state index in [1.807, 2.05) is 18.2 Å². The average Bonchev–Trinajstić information content (AvgIpc) is 2.17. The van der Waals surface area contributed by atoms with Crippen LogP contribution in [0.25, 0.3) is 11.1 Å². The van der Waals surface area contributed by atoms with E-state index in [0.29, 0.717) is 10.2 Å². The van der Waals surface area contributed by atoms with Gasteiger partial charge in [-0.3, -0.25) is 9.78 Å². The van der Waals surface area contributed by atoms with Crippen LogP contribution in [0.4, 0.5) is 0 Å². The van der Waals surface area contributed by atoms with Gasteiger partial charge in [0.05, 0.1) is 10.2 Å². The highest BCUT2D eigenvalue weighted by atomic mass is 79.9. The van der Waals surface area contributed by atoms with Crippen molar-refractivity contribution in [2.75, 3.05) is 0 Å². The maximum Gasteiger partial charge on any atom is 0.326 e. The topological polar surface area (TPSA) is 65.7 Å². The second-order valence-electron chi connectivity index (χ2n) is 2.96. The van der Waals surface area contributed by atoms with Crippen LogP contribution in [0.2, 0.25) is 0 Å². The summed E-state index contributed by atoms with van der Waals surface area (Å²) in [6.07, 6.45) is 0. The van der Waals surface area contributed by atoms with Crippen molar-refractivity contribution in [3.05, 3.63) is 55.8 Å². The Morgan fingerprint density at radius 2 is 1.67 bits per heavy atom. The number of nitrogens with one attached hydrogen (secondary N) is 2. The fourth-order valence-electron chi connectivity index (χ4n) is 1.32. The van der Waals surface area contributed by atoms with Crippen molar-refractivity contribution in [3.63, 3.8) is 0 Å². The highest BCUT2D eigenvalue weighted by Gasteiger charge is 2.08. The van der Waals surface area contributed by atoms with E-state index in [-0.39, 0.29) is 0 Å². The van der Waals surface area contributed by atoms with Crippen LogP contribution < -0.4 is 11.2 Å². The lowest BCUT2D eigenvalue weighted by Crippen LogP contribution is -2.23. The maximum atomic E-state index is 11.6. The Hall–Kier alpha value is -1.62. The van der Waals surface area contributed by atoms with Crippen LogP contribution in [-0.4, -0.2) is 9.97 Å². The summed E-state index contributed by atoms with van der Waals surface area (Å²) in [5.41, 5.74) is 0.250. The Kier molecular flexibility index (Phi) is 2.55. The smallest absolute Gasteiger partial charge is 0.301 e. The molecule has 2 aromatic rings. The van der Waals surface area contributed by atoms with Crippen molar-refractivity contribution in [2.45, 2.75) is 0 Å². The van der Waals surface area contributed by atoms with Gasteiger partial charge in [0.1, 0.15) is 0 Å². The van der Waals surface area contributed by atoms with E-state index >= 15 is 0 Å². The van der Waals surface area contributed by atoms with Crippen LogP contribution in [-0.2, 0) is 0 Å². The van der Waals surface area contributed by atoms with Gasteiger partial charge < -0.3 is 4.98 Å². The lowest BCUT2D eigenvalue weighted by atomic mass is 10.1. The molecule has 15 heavy (non-hydrogen) atoms. The fraction of sp³-hybridized carbons (Fsp3) is 0. The molecule has 1 heterocycles. The summed E-state index contributed by atoms with van der Waals surface area (Å²) < 4.78 is 0.391. The molecular weight excluding hydrogens is 260 g/mol. The maximum absolute atomic E-state index is 11.6. The number of H-pyrrole nitrogens is 2. The van der Waals surface area contributed by atoms with Crippen LogP contribution in [0, 0.1) is 0 Å². The minimum atomic E-state index is -0.522. The molecule has 1 aromatic carbocycles. The molecule has 0 saturated heterocycles. The second kappa shape index (κ2) is 3.86. The molecule has 5 heteroatoms. The molecule has 0 aliphatic heterocycles. The standard InChI is InChI=1S/C10H7BrN2O2/c11-8-7(6-4-2-1-3-5-6)9(14)13-10(15)12-8/h1-5H,(H2,12,13,14,15). The first-order valence-electron chi connectivity index (χ1n) is 4.26. The zero-order valence-electron chi connectivity index (χ0n) is 7.58. The number of benzene rings is 1. The predicted molar refractivity (Wildman–Crippen MR) is 60.8 cm³/mol. The molecule has 0 aliphatic carbocycles. The zero-order valence-corrected chi connectivity index (χ0v) is 9.17. The predicted octanol–water partition coefficient (Wildman–Crippen LogP) is 1.49. The summed E-state index contributed by atoms with van der Waals surface area (Å²) in [7, 11) is 0. The molecule has 2 N–H and O–H groups in total. The van der Waals surface area contributed by atoms with Crippen molar-refractivity contribution in [1.29, 1.82) is 0 Å². The van der Waals surface area contributed by atoms with E-state index in [4.69, 9.17) is 0 Å². The highest BCUT2D eigenvalue weighted by Crippen LogP contribution is 2.20. The number of rotatable bonds is 1. The molecule has 0 radical (unpaired) electrons. The van der Waals surface area contributed by atoms with Gasteiger partial charge in [0.15, 0.2) is 0 Å². The summed E-state index contributed by atoms with van der Waals surface area (Å²) in [6, 6.07) is 9.11. The molecule has 0 spiro atoms. The molecule has 0 aliphatic rings. The van der Waals surface area contributed by atoms with Crippen molar-refractivity contribution >= 4 is 15.9 Å². The average molecular weight is 267 g/mol. The zero-order chi connectivity index (χ0) is 10.8. The number of hydrogen-bond donors (Lipinski definition) is 2. The van der Waals surface area contributed by atoms with Crippen molar-refractivity contribution in [2.24, 2.45) is 0 Å². The van der Waals surface area contributed by atoms with E-state index in [2.05, 4.69) is 25.9 Å². The Bertz CT molecular complexity index is 586. The molecule has 0 fully saturated rings. The van der Waals surface area contributed by atoms with Crippen LogP contribution in [0.3, 0.4) is 0 Å². The minimum Gasteiger partial charge on any atom is -0.301 e. The molecule has 76 valence electrons. The van der Waals surface area contributed by atoms with Crippen molar-refractivity contribution in [3.8, 4) is 11.1 Å². The fourth-order valence-corrected chi connectivity index (χ4v) is 1.91. The van der Waals surface area contributed by atoms with Gasteiger partial charge in [-0.05, 0) is 21.5 Å². The number of aromatic nitrogens is 2. The Labute approximate surface area is 93.1 Å². The molecular formula is C10H7BrN2O2. The monoisotopic (exact) mass is 266 g/mol. The molecule has 0 saturated carbocycles. The van der Waals surface area contributed by atoms with E-state index in [1.54, 1.807) is 12.1 Å². The van der Waals surface area contributed by atoms with Gasteiger partial charge in [-0.25, -0.2) is 4.79 Å². The Morgan fingerprint density at radius 1 is 1.00 bits per heavy atom. The lowest BCUT2D eigenvalue weighted by molar-refractivity contribution is 1.02. The summed E-state index contributed by atoms with van der Waals surface area (Å²) in [6.45, 7) is 0. The summed E-state index contributed by atoms with van der Waals surface area (Å²) in [5, 5.41) is 0. The molecule has 1 aromatic heterocycles. The third-order valence-electron chi connectivity index (χ3n) is 1.96. The number of hydrogen-bond acceptors (Lipinski definition) is 2. The van der Waals surface area contributed by atoms with E-state index in [0.717, 1.165) is 5.56 Å². The third kappa shape index (κ3) is 1.92. The molecule has 0 unspecified atom stereocenters.